The van der Waals surface area contributed by atoms with Gasteiger partial charge in [-0.25, -0.2) is 0 Å². The lowest BCUT2D eigenvalue weighted by Crippen LogP contribution is -1.91. The van der Waals surface area contributed by atoms with Gasteiger partial charge < -0.3 is 0 Å². The molecule has 0 saturated carbocycles. The Bertz CT molecular complexity index is 595. The molecule has 0 nitrogen and oxygen atoms in total. The summed E-state index contributed by atoms with van der Waals surface area (Å²) >= 11 is 0. The Labute approximate surface area is 129 Å². The van der Waals surface area contributed by atoms with Gasteiger partial charge in [-0.2, -0.15) is 0 Å². The molecule has 1 aliphatic carbocycles. The molecule has 0 N–H and O–H groups in total. The Balaban J connectivity index is 1.67. The quantitative estimate of drug-likeness (QED) is 0.467. The summed E-state index contributed by atoms with van der Waals surface area (Å²) in [5.74, 6) is 0. The van der Waals surface area contributed by atoms with E-state index in [1.54, 1.807) is 5.56 Å². The highest BCUT2D eigenvalue weighted by Gasteiger charge is 2.20. The second kappa shape index (κ2) is 6.93. The lowest BCUT2D eigenvalue weighted by Gasteiger charge is -2.09. The molecule has 2 aromatic rings. The van der Waals surface area contributed by atoms with Crippen LogP contribution >= 0.6 is 0 Å². The minimum atomic E-state index is 1.07. The first-order valence-corrected chi connectivity index (χ1v) is 8.51. The van der Waals surface area contributed by atoms with E-state index in [9.17, 15) is 0 Å². The van der Waals surface area contributed by atoms with E-state index in [0.717, 1.165) is 6.42 Å². The van der Waals surface area contributed by atoms with Crippen LogP contribution in [-0.2, 0) is 12.8 Å². The topological polar surface area (TPSA) is 0 Å². The number of rotatable bonds is 7. The summed E-state index contributed by atoms with van der Waals surface area (Å²) in [6.07, 6.45) is 10.5. The summed E-state index contributed by atoms with van der Waals surface area (Å²) in [6, 6.07) is 16.7. The molecular weight excluding hydrogens is 252 g/mol. The number of unbranched alkanes of at least 4 members (excludes halogenated alkanes) is 5. The van der Waals surface area contributed by atoms with Crippen molar-refractivity contribution in [3.63, 3.8) is 0 Å². The largest absolute Gasteiger partial charge is 0.0654 e. The number of hydrogen-bond acceptors (Lipinski definition) is 0. The summed E-state index contributed by atoms with van der Waals surface area (Å²) in [7, 11) is 0. The lowest BCUT2D eigenvalue weighted by atomic mass is 9.95. The Morgan fingerprint density at radius 2 is 1.81 bits per heavy atom. The Morgan fingerprint density at radius 3 is 2.71 bits per heavy atom. The predicted molar refractivity (Wildman–Crippen MR) is 90.6 cm³/mol. The van der Waals surface area contributed by atoms with Gasteiger partial charge in [-0.05, 0) is 53.1 Å². The molecule has 0 saturated heterocycles. The van der Waals surface area contributed by atoms with Crippen molar-refractivity contribution < 1.29 is 0 Å². The molecular formula is C21H25. The van der Waals surface area contributed by atoms with Crippen molar-refractivity contribution in [1.82, 2.24) is 0 Å². The first-order valence-electron chi connectivity index (χ1n) is 8.51. The highest BCUT2D eigenvalue weighted by molar-refractivity contribution is 5.79. The van der Waals surface area contributed by atoms with Gasteiger partial charge in [-0.1, -0.05) is 75.4 Å². The average molecular weight is 277 g/mol. The molecule has 1 radical (unpaired) electrons. The van der Waals surface area contributed by atoms with Crippen molar-refractivity contribution in [2.45, 2.75) is 58.3 Å². The van der Waals surface area contributed by atoms with E-state index in [4.69, 9.17) is 0 Å². The van der Waals surface area contributed by atoms with Gasteiger partial charge in [0.1, 0.15) is 0 Å². The summed E-state index contributed by atoms with van der Waals surface area (Å²) in [5, 5.41) is 0. The average Bonchev–Trinajstić information content (AvgIpc) is 2.90. The van der Waals surface area contributed by atoms with Crippen molar-refractivity contribution in [1.29, 1.82) is 0 Å². The van der Waals surface area contributed by atoms with Crippen molar-refractivity contribution in [3.05, 3.63) is 59.2 Å². The van der Waals surface area contributed by atoms with Gasteiger partial charge in [0, 0.05) is 0 Å². The zero-order valence-corrected chi connectivity index (χ0v) is 13.1. The van der Waals surface area contributed by atoms with Crippen LogP contribution in [0.15, 0.2) is 36.4 Å². The number of fused-ring (bicyclic) bond motifs is 3. The van der Waals surface area contributed by atoms with Crippen LogP contribution in [0.1, 0.15) is 62.1 Å². The van der Waals surface area contributed by atoms with Crippen LogP contribution in [0.3, 0.4) is 0 Å². The standard InChI is InChI=1S/C21H25/c1-2-3-4-5-6-7-11-17-13-10-14-19-16-18-12-8-9-15-20(18)21(17)19/h8-10,13-15H,2-7,11,16H2,1H3. The molecule has 3 rings (SSSR count). The molecule has 0 spiro atoms. The number of hydrogen-bond donors (Lipinski definition) is 0. The van der Waals surface area contributed by atoms with Gasteiger partial charge in [0.2, 0.25) is 0 Å². The van der Waals surface area contributed by atoms with Crippen molar-refractivity contribution >= 4 is 0 Å². The Kier molecular flexibility index (Phi) is 4.75. The minimum absolute atomic E-state index is 1.07. The van der Waals surface area contributed by atoms with Crippen LogP contribution in [0.2, 0.25) is 0 Å². The van der Waals surface area contributed by atoms with Gasteiger partial charge >= 0.3 is 0 Å². The second-order valence-corrected chi connectivity index (χ2v) is 6.21. The van der Waals surface area contributed by atoms with E-state index in [1.807, 2.05) is 6.07 Å². The zero-order valence-electron chi connectivity index (χ0n) is 13.1. The lowest BCUT2D eigenvalue weighted by molar-refractivity contribution is 0.608. The fraction of sp³-hybridized carbons (Fsp3) is 0.429. The molecule has 1 aliphatic rings. The molecule has 0 heteroatoms. The van der Waals surface area contributed by atoms with Gasteiger partial charge in [0.05, 0.1) is 0 Å². The van der Waals surface area contributed by atoms with Gasteiger partial charge in [0.25, 0.3) is 0 Å². The second-order valence-electron chi connectivity index (χ2n) is 6.21. The summed E-state index contributed by atoms with van der Waals surface area (Å²) in [6.45, 7) is 2.28. The van der Waals surface area contributed by atoms with Gasteiger partial charge in [0.15, 0.2) is 0 Å². The third-order valence-electron chi connectivity index (χ3n) is 4.62. The Morgan fingerprint density at radius 1 is 0.952 bits per heavy atom. The molecule has 0 unspecified atom stereocenters. The fourth-order valence-corrected chi connectivity index (χ4v) is 3.49. The molecule has 0 heterocycles. The van der Waals surface area contributed by atoms with Gasteiger partial charge in [-0.3, -0.25) is 0 Å². The molecule has 0 aliphatic heterocycles. The maximum atomic E-state index is 3.41. The third kappa shape index (κ3) is 3.20. The molecule has 0 fully saturated rings. The smallest absolute Gasteiger partial charge is 0.000718 e. The summed E-state index contributed by atoms with van der Waals surface area (Å²) in [5.41, 5.74) is 7.35. The molecule has 21 heavy (non-hydrogen) atoms. The van der Waals surface area contributed by atoms with E-state index in [0.29, 0.717) is 0 Å². The SMILES string of the molecule is CCCCCCCCc1cccc2c1-c1ccc[c]c1C2. The number of aryl methyl sites for hydroxylation is 1. The van der Waals surface area contributed by atoms with Gasteiger partial charge in [-0.15, -0.1) is 0 Å². The normalized spacial score (nSPS) is 12.2. The maximum absolute atomic E-state index is 3.41. The molecule has 109 valence electrons. The van der Waals surface area contributed by atoms with Crippen LogP contribution < -0.4 is 0 Å². The van der Waals surface area contributed by atoms with Crippen LogP contribution in [0.4, 0.5) is 0 Å². The van der Waals surface area contributed by atoms with Crippen LogP contribution in [0.5, 0.6) is 0 Å². The molecule has 0 aromatic heterocycles. The van der Waals surface area contributed by atoms with Crippen LogP contribution in [-0.4, -0.2) is 0 Å². The van der Waals surface area contributed by atoms with Crippen molar-refractivity contribution in [2.24, 2.45) is 0 Å². The van der Waals surface area contributed by atoms with Crippen LogP contribution in [0.25, 0.3) is 11.1 Å². The Hall–Kier alpha value is -1.56. The van der Waals surface area contributed by atoms with Crippen molar-refractivity contribution in [3.8, 4) is 11.1 Å². The van der Waals surface area contributed by atoms with E-state index in [-0.39, 0.29) is 0 Å². The summed E-state index contributed by atoms with van der Waals surface area (Å²) < 4.78 is 0. The fourth-order valence-electron chi connectivity index (χ4n) is 3.49. The first-order chi connectivity index (χ1) is 10.4. The third-order valence-corrected chi connectivity index (χ3v) is 4.62. The van der Waals surface area contributed by atoms with E-state index in [1.165, 1.54) is 67.2 Å². The van der Waals surface area contributed by atoms with E-state index < -0.39 is 0 Å². The molecule has 0 amide bonds. The maximum Gasteiger partial charge on any atom is -0.000718 e. The summed E-state index contributed by atoms with van der Waals surface area (Å²) in [4.78, 5) is 0. The van der Waals surface area contributed by atoms with Crippen molar-refractivity contribution in [2.75, 3.05) is 0 Å². The van der Waals surface area contributed by atoms with E-state index in [2.05, 4.69) is 43.3 Å². The molecule has 0 atom stereocenters. The van der Waals surface area contributed by atoms with E-state index >= 15 is 0 Å². The highest BCUT2D eigenvalue weighted by atomic mass is 14.2. The zero-order chi connectivity index (χ0) is 14.5. The highest BCUT2D eigenvalue weighted by Crippen LogP contribution is 2.39. The van der Waals surface area contributed by atoms with Crippen LogP contribution in [0, 0.1) is 6.07 Å². The minimum Gasteiger partial charge on any atom is -0.0654 e. The monoisotopic (exact) mass is 277 g/mol. The molecule has 0 bridgehead atoms. The first kappa shape index (κ1) is 14.4. The molecule has 2 aromatic carbocycles. The predicted octanol–water partition coefficient (Wildman–Crippen LogP) is 5.96. The number of benzene rings is 2.